The normalized spacial score (nSPS) is 14.4. The average Bonchev–Trinajstić information content (AvgIpc) is 3.32. The van der Waals surface area contributed by atoms with Gasteiger partial charge in [0.15, 0.2) is 4.34 Å². The number of piperidine rings is 1. The predicted molar refractivity (Wildman–Crippen MR) is 133 cm³/mol. The Morgan fingerprint density at radius 2 is 1.72 bits per heavy atom. The van der Waals surface area contributed by atoms with Gasteiger partial charge in [-0.05, 0) is 49.2 Å². The van der Waals surface area contributed by atoms with Crippen LogP contribution in [0.2, 0.25) is 0 Å². The van der Waals surface area contributed by atoms with Crippen molar-refractivity contribution in [2.45, 2.75) is 28.5 Å². The minimum Gasteiger partial charge on any atom is -0.323 e. The van der Waals surface area contributed by atoms with Crippen molar-refractivity contribution in [3.63, 3.8) is 0 Å². The molecule has 2 N–H and O–H groups in total. The van der Waals surface area contributed by atoms with E-state index in [0.717, 1.165) is 54.5 Å². The Morgan fingerprint density at radius 1 is 1.00 bits per heavy atom. The van der Waals surface area contributed by atoms with Crippen LogP contribution < -0.4 is 10.6 Å². The molecule has 1 aliphatic rings. The zero-order valence-corrected chi connectivity index (χ0v) is 21.2. The topological polar surface area (TPSA) is 121 Å². The van der Waals surface area contributed by atoms with Crippen LogP contribution in [0, 0.1) is 11.6 Å². The van der Waals surface area contributed by atoms with Gasteiger partial charge in [-0.25, -0.2) is 17.2 Å². The molecule has 14 heteroatoms. The van der Waals surface area contributed by atoms with Crippen molar-refractivity contribution in [3.05, 3.63) is 59.7 Å². The summed E-state index contributed by atoms with van der Waals surface area (Å²) in [6.45, 7) is 0.986. The number of hydrogen-bond donors (Lipinski definition) is 2. The number of carbonyl (C=O) groups is 2. The molecule has 0 unspecified atom stereocenters. The highest BCUT2D eigenvalue weighted by Crippen LogP contribution is 2.27. The summed E-state index contributed by atoms with van der Waals surface area (Å²) >= 11 is 2.07. The molecule has 2 heterocycles. The van der Waals surface area contributed by atoms with Crippen molar-refractivity contribution in [1.29, 1.82) is 0 Å². The summed E-state index contributed by atoms with van der Waals surface area (Å²) in [7, 11) is -3.59. The molecule has 2 amide bonds. The molecule has 1 fully saturated rings. The first-order valence-corrected chi connectivity index (χ1v) is 14.1. The van der Waals surface area contributed by atoms with Crippen LogP contribution in [-0.2, 0) is 14.8 Å². The van der Waals surface area contributed by atoms with E-state index in [1.165, 1.54) is 28.6 Å². The van der Waals surface area contributed by atoms with Crippen molar-refractivity contribution in [3.8, 4) is 0 Å². The molecule has 3 aromatic rings. The Labute approximate surface area is 214 Å². The summed E-state index contributed by atoms with van der Waals surface area (Å²) in [6.07, 6.45) is 2.68. The first-order chi connectivity index (χ1) is 17.2. The number of benzene rings is 2. The van der Waals surface area contributed by atoms with Crippen LogP contribution in [0.5, 0.6) is 0 Å². The molecule has 0 bridgehead atoms. The lowest BCUT2D eigenvalue weighted by Gasteiger charge is -2.25. The number of carbonyl (C=O) groups excluding carboxylic acids is 2. The summed E-state index contributed by atoms with van der Waals surface area (Å²) in [5, 5.41) is 12.9. The highest BCUT2D eigenvalue weighted by atomic mass is 32.2. The van der Waals surface area contributed by atoms with Crippen molar-refractivity contribution < 1.29 is 26.8 Å². The monoisotopic (exact) mass is 553 g/mol. The smallest absolute Gasteiger partial charge is 0.257 e. The summed E-state index contributed by atoms with van der Waals surface area (Å²) in [4.78, 5) is 24.7. The average molecular weight is 554 g/mol. The number of aromatic nitrogens is 2. The number of sulfonamides is 1. The van der Waals surface area contributed by atoms with Crippen molar-refractivity contribution in [2.24, 2.45) is 0 Å². The van der Waals surface area contributed by atoms with Crippen LogP contribution >= 0.6 is 23.1 Å². The lowest BCUT2D eigenvalue weighted by Crippen LogP contribution is -2.35. The number of amides is 2. The predicted octanol–water partition coefficient (Wildman–Crippen LogP) is 3.97. The highest BCUT2D eigenvalue weighted by Gasteiger charge is 2.26. The van der Waals surface area contributed by atoms with Gasteiger partial charge in [0.1, 0.15) is 11.6 Å². The summed E-state index contributed by atoms with van der Waals surface area (Å²) < 4.78 is 54.0. The second kappa shape index (κ2) is 11.4. The van der Waals surface area contributed by atoms with Crippen LogP contribution in [0.15, 0.2) is 51.7 Å². The lowest BCUT2D eigenvalue weighted by molar-refractivity contribution is -0.113. The van der Waals surface area contributed by atoms with E-state index in [2.05, 4.69) is 20.8 Å². The van der Waals surface area contributed by atoms with Gasteiger partial charge >= 0.3 is 0 Å². The quantitative estimate of drug-likeness (QED) is 0.320. The summed E-state index contributed by atoms with van der Waals surface area (Å²) in [5.74, 6) is -2.75. The maximum absolute atomic E-state index is 13.7. The van der Waals surface area contributed by atoms with Crippen LogP contribution in [0.1, 0.15) is 29.6 Å². The fraction of sp³-hybridized carbons (Fsp3) is 0.273. The van der Waals surface area contributed by atoms with E-state index in [1.54, 1.807) is 0 Å². The Kier molecular flexibility index (Phi) is 8.28. The van der Waals surface area contributed by atoms with Gasteiger partial charge in [-0.1, -0.05) is 29.5 Å². The third kappa shape index (κ3) is 6.43. The molecule has 0 spiro atoms. The van der Waals surface area contributed by atoms with Crippen LogP contribution in [0.4, 0.5) is 19.6 Å². The Balaban J connectivity index is 1.30. The number of nitrogens with zero attached hydrogens (tertiary/aromatic N) is 3. The van der Waals surface area contributed by atoms with E-state index >= 15 is 0 Å². The molecule has 1 aromatic heterocycles. The zero-order valence-electron chi connectivity index (χ0n) is 18.7. The second-order valence-corrected chi connectivity index (χ2v) is 11.9. The van der Waals surface area contributed by atoms with Crippen molar-refractivity contribution >= 4 is 55.8 Å². The summed E-state index contributed by atoms with van der Waals surface area (Å²) in [5.41, 5.74) is 0.111. The van der Waals surface area contributed by atoms with Gasteiger partial charge in [0, 0.05) is 24.7 Å². The van der Waals surface area contributed by atoms with E-state index in [9.17, 15) is 26.8 Å². The first kappa shape index (κ1) is 26.1. The zero-order chi connectivity index (χ0) is 25.7. The number of thioether (sulfide) groups is 1. The van der Waals surface area contributed by atoms with E-state index in [1.807, 2.05) is 0 Å². The largest absolute Gasteiger partial charge is 0.323 e. The number of rotatable bonds is 8. The van der Waals surface area contributed by atoms with E-state index < -0.39 is 33.5 Å². The minimum atomic E-state index is -3.59. The van der Waals surface area contributed by atoms with E-state index in [4.69, 9.17) is 0 Å². The number of nitrogens with one attached hydrogen (secondary N) is 2. The molecule has 9 nitrogen and oxygen atoms in total. The Bertz CT molecular complexity index is 1360. The van der Waals surface area contributed by atoms with Gasteiger partial charge in [0.05, 0.1) is 16.3 Å². The molecule has 0 saturated carbocycles. The van der Waals surface area contributed by atoms with Gasteiger partial charge in [0.25, 0.3) is 5.91 Å². The van der Waals surface area contributed by atoms with Crippen LogP contribution in [0.3, 0.4) is 0 Å². The van der Waals surface area contributed by atoms with Gasteiger partial charge < -0.3 is 5.32 Å². The molecular formula is C22H21F2N5O4S3. The minimum absolute atomic E-state index is 0.105. The Morgan fingerprint density at radius 3 is 2.42 bits per heavy atom. The molecule has 1 saturated heterocycles. The standard InChI is InChI=1S/C22H21F2N5O4S3/c23-15-6-9-18(17(24)12-15)25-19(30)13-34-22-28-27-21(35-22)26-20(31)14-4-7-16(8-5-14)36(32,33)29-10-2-1-3-11-29/h4-9,12H,1-3,10-11,13H2,(H,25,30)(H,26,27,31). The number of halogens is 2. The molecule has 0 aliphatic carbocycles. The fourth-order valence-electron chi connectivity index (χ4n) is 3.42. The molecule has 0 atom stereocenters. The van der Waals surface area contributed by atoms with E-state index in [0.29, 0.717) is 23.5 Å². The van der Waals surface area contributed by atoms with Crippen molar-refractivity contribution in [1.82, 2.24) is 14.5 Å². The third-order valence-electron chi connectivity index (χ3n) is 5.23. The maximum Gasteiger partial charge on any atom is 0.257 e. The van der Waals surface area contributed by atoms with Crippen molar-refractivity contribution in [2.75, 3.05) is 29.5 Å². The number of anilines is 2. The molecule has 1 aliphatic heterocycles. The van der Waals surface area contributed by atoms with Gasteiger partial charge in [-0.15, -0.1) is 10.2 Å². The maximum atomic E-state index is 13.7. The van der Waals surface area contributed by atoms with Crippen LogP contribution in [-0.4, -0.2) is 53.6 Å². The Hall–Kier alpha value is -2.94. The fourth-order valence-corrected chi connectivity index (χ4v) is 6.49. The third-order valence-corrected chi connectivity index (χ3v) is 9.11. The molecule has 190 valence electrons. The SMILES string of the molecule is O=C(CSc1nnc(NC(=O)c2ccc(S(=O)(=O)N3CCCCC3)cc2)s1)Nc1ccc(F)cc1F. The molecular weight excluding hydrogens is 532 g/mol. The molecule has 2 aromatic carbocycles. The second-order valence-electron chi connectivity index (χ2n) is 7.78. The highest BCUT2D eigenvalue weighted by molar-refractivity contribution is 8.01. The van der Waals surface area contributed by atoms with Gasteiger partial charge in [0.2, 0.25) is 21.1 Å². The van der Waals surface area contributed by atoms with Gasteiger partial charge in [-0.3, -0.25) is 14.9 Å². The first-order valence-electron chi connectivity index (χ1n) is 10.8. The molecule has 36 heavy (non-hydrogen) atoms. The lowest BCUT2D eigenvalue weighted by atomic mass is 10.2. The van der Waals surface area contributed by atoms with E-state index in [-0.39, 0.29) is 27.0 Å². The molecule has 0 radical (unpaired) electrons. The molecule has 4 rings (SSSR count). The van der Waals surface area contributed by atoms with Gasteiger partial charge in [-0.2, -0.15) is 4.31 Å². The summed E-state index contributed by atoms with van der Waals surface area (Å²) in [6, 6.07) is 8.51. The number of hydrogen-bond acceptors (Lipinski definition) is 8. The van der Waals surface area contributed by atoms with Crippen LogP contribution in [0.25, 0.3) is 0 Å².